The average molecular weight is 412 g/mol. The van der Waals surface area contributed by atoms with Crippen molar-refractivity contribution in [3.63, 3.8) is 0 Å². The molecule has 0 radical (unpaired) electrons. The second kappa shape index (κ2) is 10.2. The standard InChI is InChI=1S/C19H29N3O3S2/c1-6-22-18(24)16-13(4)14(5)27-17(16)21-19(22)26-11-15(23)20-8-10-25-9-7-12(2)3/h12H,6-11H2,1-5H3,(H,20,23). The maximum absolute atomic E-state index is 12.8. The smallest absolute Gasteiger partial charge is 0.263 e. The quantitative estimate of drug-likeness (QED) is 0.369. The molecule has 0 aliphatic carbocycles. The number of thiophene rings is 1. The summed E-state index contributed by atoms with van der Waals surface area (Å²) in [5.41, 5.74) is 0.979. The number of amides is 1. The van der Waals surface area contributed by atoms with Crippen LogP contribution in [0.2, 0.25) is 0 Å². The third kappa shape index (κ3) is 5.80. The number of thioether (sulfide) groups is 1. The molecule has 0 fully saturated rings. The van der Waals surface area contributed by atoms with Crippen LogP contribution in [0.3, 0.4) is 0 Å². The van der Waals surface area contributed by atoms with Crippen LogP contribution in [-0.2, 0) is 16.1 Å². The number of rotatable bonds is 10. The maximum atomic E-state index is 12.8. The van der Waals surface area contributed by atoms with Gasteiger partial charge in [0.05, 0.1) is 17.7 Å². The molecule has 1 amide bonds. The van der Waals surface area contributed by atoms with E-state index in [9.17, 15) is 9.59 Å². The molecule has 0 unspecified atom stereocenters. The highest BCUT2D eigenvalue weighted by Gasteiger charge is 2.16. The normalized spacial score (nSPS) is 11.5. The Balaban J connectivity index is 1.92. The molecule has 6 nitrogen and oxygen atoms in total. The molecule has 0 atom stereocenters. The van der Waals surface area contributed by atoms with Gasteiger partial charge >= 0.3 is 0 Å². The molecule has 0 aliphatic heterocycles. The van der Waals surface area contributed by atoms with Gasteiger partial charge in [-0.2, -0.15) is 0 Å². The van der Waals surface area contributed by atoms with Gasteiger partial charge in [0.25, 0.3) is 5.56 Å². The lowest BCUT2D eigenvalue weighted by Gasteiger charge is -2.10. The molecule has 0 aliphatic rings. The highest BCUT2D eigenvalue weighted by Crippen LogP contribution is 2.28. The van der Waals surface area contributed by atoms with Crippen molar-refractivity contribution in [2.75, 3.05) is 25.5 Å². The fourth-order valence-electron chi connectivity index (χ4n) is 2.56. The third-order valence-electron chi connectivity index (χ3n) is 4.31. The van der Waals surface area contributed by atoms with Crippen LogP contribution >= 0.6 is 23.1 Å². The van der Waals surface area contributed by atoms with Crippen LogP contribution in [0.25, 0.3) is 10.2 Å². The molecule has 0 aromatic carbocycles. The van der Waals surface area contributed by atoms with Gasteiger partial charge in [-0.05, 0) is 38.7 Å². The molecule has 0 saturated heterocycles. The third-order valence-corrected chi connectivity index (χ3v) is 6.39. The first-order valence-electron chi connectivity index (χ1n) is 9.32. The first-order chi connectivity index (χ1) is 12.8. The second-order valence-electron chi connectivity index (χ2n) is 6.84. The molecular formula is C19H29N3O3S2. The highest BCUT2D eigenvalue weighted by molar-refractivity contribution is 7.99. The number of ether oxygens (including phenoxy) is 1. The zero-order valence-corrected chi connectivity index (χ0v) is 18.4. The van der Waals surface area contributed by atoms with Crippen LogP contribution in [-0.4, -0.2) is 41.0 Å². The van der Waals surface area contributed by atoms with Gasteiger partial charge < -0.3 is 10.1 Å². The Morgan fingerprint density at radius 3 is 2.74 bits per heavy atom. The molecule has 0 bridgehead atoms. The molecule has 0 saturated carbocycles. The number of aromatic nitrogens is 2. The van der Waals surface area contributed by atoms with Crippen molar-refractivity contribution in [2.24, 2.45) is 5.92 Å². The van der Waals surface area contributed by atoms with Gasteiger partial charge in [-0.15, -0.1) is 11.3 Å². The summed E-state index contributed by atoms with van der Waals surface area (Å²) in [5, 5.41) is 4.14. The summed E-state index contributed by atoms with van der Waals surface area (Å²) in [5.74, 6) is 0.767. The first kappa shape index (κ1) is 21.9. The summed E-state index contributed by atoms with van der Waals surface area (Å²) in [6.45, 7) is 12.4. The molecule has 0 spiro atoms. The lowest BCUT2D eigenvalue weighted by Crippen LogP contribution is -2.29. The summed E-state index contributed by atoms with van der Waals surface area (Å²) in [4.78, 5) is 31.3. The molecule has 2 aromatic heterocycles. The maximum Gasteiger partial charge on any atom is 0.263 e. The summed E-state index contributed by atoms with van der Waals surface area (Å²) >= 11 is 2.83. The Labute approximate surface area is 168 Å². The van der Waals surface area contributed by atoms with Gasteiger partial charge in [0, 0.05) is 24.6 Å². The lowest BCUT2D eigenvalue weighted by molar-refractivity contribution is -0.118. The van der Waals surface area contributed by atoms with E-state index >= 15 is 0 Å². The van der Waals surface area contributed by atoms with E-state index in [-0.39, 0.29) is 17.2 Å². The lowest BCUT2D eigenvalue weighted by atomic mass is 10.1. The Morgan fingerprint density at radius 2 is 2.07 bits per heavy atom. The van der Waals surface area contributed by atoms with E-state index < -0.39 is 0 Å². The second-order valence-corrected chi connectivity index (χ2v) is 8.99. The van der Waals surface area contributed by atoms with Gasteiger partial charge in [-0.3, -0.25) is 14.2 Å². The summed E-state index contributed by atoms with van der Waals surface area (Å²) < 4.78 is 7.14. The molecule has 27 heavy (non-hydrogen) atoms. The molecule has 1 N–H and O–H groups in total. The summed E-state index contributed by atoms with van der Waals surface area (Å²) in [6.07, 6.45) is 1.02. The fraction of sp³-hybridized carbons (Fsp3) is 0.632. The predicted octanol–water partition coefficient (Wildman–Crippen LogP) is 3.37. The van der Waals surface area contributed by atoms with E-state index in [1.165, 1.54) is 23.1 Å². The molecule has 2 aromatic rings. The molecule has 150 valence electrons. The van der Waals surface area contributed by atoms with Gasteiger partial charge in [0.1, 0.15) is 4.83 Å². The summed E-state index contributed by atoms with van der Waals surface area (Å²) in [6, 6.07) is 0. The molecular weight excluding hydrogens is 382 g/mol. The Kier molecular flexibility index (Phi) is 8.31. The Morgan fingerprint density at radius 1 is 1.33 bits per heavy atom. The number of nitrogens with one attached hydrogen (secondary N) is 1. The van der Waals surface area contributed by atoms with Gasteiger partial charge in [0.2, 0.25) is 5.91 Å². The molecule has 8 heteroatoms. The number of carbonyl (C=O) groups excluding carboxylic acids is 1. The molecule has 2 rings (SSSR count). The van der Waals surface area contributed by atoms with Crippen molar-refractivity contribution in [1.82, 2.24) is 14.9 Å². The van der Waals surface area contributed by atoms with Crippen LogP contribution in [0.4, 0.5) is 0 Å². The van der Waals surface area contributed by atoms with Crippen molar-refractivity contribution in [3.8, 4) is 0 Å². The van der Waals surface area contributed by atoms with Crippen molar-refractivity contribution in [1.29, 1.82) is 0 Å². The van der Waals surface area contributed by atoms with Crippen molar-refractivity contribution < 1.29 is 9.53 Å². The van der Waals surface area contributed by atoms with Crippen molar-refractivity contribution in [3.05, 3.63) is 20.8 Å². The minimum Gasteiger partial charge on any atom is -0.380 e. The van der Waals surface area contributed by atoms with E-state index in [0.29, 0.717) is 42.8 Å². The largest absolute Gasteiger partial charge is 0.380 e. The van der Waals surface area contributed by atoms with Crippen LogP contribution in [0, 0.1) is 19.8 Å². The van der Waals surface area contributed by atoms with Crippen molar-refractivity contribution in [2.45, 2.75) is 52.7 Å². The number of aryl methyl sites for hydroxylation is 2. The van der Waals surface area contributed by atoms with E-state index in [1.54, 1.807) is 4.57 Å². The minimum absolute atomic E-state index is 0.0224. The Bertz CT molecular complexity index is 843. The van der Waals surface area contributed by atoms with Crippen LogP contribution in [0.15, 0.2) is 9.95 Å². The van der Waals surface area contributed by atoms with Crippen molar-refractivity contribution >= 4 is 39.2 Å². The first-order valence-corrected chi connectivity index (χ1v) is 11.1. The van der Waals surface area contributed by atoms with E-state index in [4.69, 9.17) is 4.74 Å². The summed E-state index contributed by atoms with van der Waals surface area (Å²) in [7, 11) is 0. The number of carbonyl (C=O) groups is 1. The fourth-order valence-corrected chi connectivity index (χ4v) is 4.53. The minimum atomic E-state index is -0.0806. The zero-order chi connectivity index (χ0) is 20.0. The van der Waals surface area contributed by atoms with Crippen LogP contribution in [0.1, 0.15) is 37.6 Å². The van der Waals surface area contributed by atoms with Gasteiger partial charge in [-0.1, -0.05) is 25.6 Å². The highest BCUT2D eigenvalue weighted by atomic mass is 32.2. The number of hydrogen-bond acceptors (Lipinski definition) is 6. The number of nitrogens with zero attached hydrogens (tertiary/aromatic N) is 2. The molecule has 2 heterocycles. The number of fused-ring (bicyclic) bond motifs is 1. The van der Waals surface area contributed by atoms with Crippen LogP contribution < -0.4 is 10.9 Å². The van der Waals surface area contributed by atoms with Crippen LogP contribution in [0.5, 0.6) is 0 Å². The van der Waals surface area contributed by atoms with Gasteiger partial charge in [0.15, 0.2) is 5.16 Å². The SMILES string of the molecule is CCn1c(SCC(=O)NCCOCCC(C)C)nc2sc(C)c(C)c2c1=O. The van der Waals surface area contributed by atoms with E-state index in [1.807, 2.05) is 20.8 Å². The predicted molar refractivity (Wildman–Crippen MR) is 113 cm³/mol. The number of hydrogen-bond donors (Lipinski definition) is 1. The Hall–Kier alpha value is -1.38. The van der Waals surface area contributed by atoms with E-state index in [2.05, 4.69) is 24.1 Å². The van der Waals surface area contributed by atoms with E-state index in [0.717, 1.165) is 21.7 Å². The zero-order valence-electron chi connectivity index (χ0n) is 16.8. The monoisotopic (exact) mass is 411 g/mol. The van der Waals surface area contributed by atoms with Gasteiger partial charge in [-0.25, -0.2) is 4.98 Å². The topological polar surface area (TPSA) is 73.2 Å². The average Bonchev–Trinajstić information content (AvgIpc) is 2.90.